The van der Waals surface area contributed by atoms with E-state index < -0.39 is 11.4 Å². The Morgan fingerprint density at radius 2 is 2.29 bits per heavy atom. The van der Waals surface area contributed by atoms with Gasteiger partial charge in [0.2, 0.25) is 5.65 Å². The molecule has 0 amide bonds. The third-order valence-corrected chi connectivity index (χ3v) is 4.50. The van der Waals surface area contributed by atoms with E-state index in [-0.39, 0.29) is 6.04 Å². The first-order valence-electron chi connectivity index (χ1n) is 7.18. The Hall–Kier alpha value is -2.18. The van der Waals surface area contributed by atoms with Gasteiger partial charge < -0.3 is 10.4 Å². The minimum Gasteiger partial charge on any atom is -0.481 e. The first kappa shape index (κ1) is 13.8. The highest BCUT2D eigenvalue weighted by atomic mass is 16.4. The molecule has 0 aromatic carbocycles. The van der Waals surface area contributed by atoms with Crippen LogP contribution in [0.5, 0.6) is 0 Å². The summed E-state index contributed by atoms with van der Waals surface area (Å²) >= 11 is 0. The van der Waals surface area contributed by atoms with Gasteiger partial charge in [-0.25, -0.2) is 4.98 Å². The van der Waals surface area contributed by atoms with E-state index in [1.165, 1.54) is 0 Å². The topological polar surface area (TPSA) is 92.4 Å². The minimum atomic E-state index is -0.776. The van der Waals surface area contributed by atoms with Crippen LogP contribution in [0.2, 0.25) is 0 Å². The third kappa shape index (κ3) is 2.22. The van der Waals surface area contributed by atoms with Crippen LogP contribution in [0.4, 0.5) is 5.82 Å². The Labute approximate surface area is 122 Å². The molecule has 2 N–H and O–H groups in total. The summed E-state index contributed by atoms with van der Waals surface area (Å²) in [6, 6.07) is -0.153. The molecular weight excluding hydrogens is 270 g/mol. The molecule has 21 heavy (non-hydrogen) atoms. The molecule has 112 valence electrons. The quantitative estimate of drug-likeness (QED) is 0.896. The molecule has 2 unspecified atom stereocenters. The summed E-state index contributed by atoms with van der Waals surface area (Å²) in [5.74, 6) is 0.613. The van der Waals surface area contributed by atoms with Crippen molar-refractivity contribution in [2.75, 3.05) is 5.32 Å². The van der Waals surface area contributed by atoms with Gasteiger partial charge in [0.05, 0.1) is 5.41 Å². The summed E-state index contributed by atoms with van der Waals surface area (Å²) in [6.07, 6.45) is 6.94. The number of carboxylic acids is 1. The zero-order chi connectivity index (χ0) is 15.0. The summed E-state index contributed by atoms with van der Waals surface area (Å²) < 4.78 is 1.84. The van der Waals surface area contributed by atoms with Crippen LogP contribution in [-0.4, -0.2) is 36.7 Å². The standard InChI is InChI=1S/C14H19N5O2/c1-9-17-18-12-11(15-7-8-19(9)12)16-10-5-3-4-6-14(10,2)13(20)21/h7-8,10H,3-6H2,1-2H3,(H,15,16)(H,20,21). The Morgan fingerprint density at radius 1 is 1.48 bits per heavy atom. The van der Waals surface area contributed by atoms with Crippen LogP contribution in [0.25, 0.3) is 5.65 Å². The SMILES string of the molecule is Cc1nnc2c(NC3CCCCC3(C)C(=O)O)nccn12. The highest BCUT2D eigenvalue weighted by Gasteiger charge is 2.43. The van der Waals surface area contributed by atoms with E-state index in [2.05, 4.69) is 20.5 Å². The molecule has 2 aromatic heterocycles. The van der Waals surface area contributed by atoms with Gasteiger partial charge in [-0.2, -0.15) is 0 Å². The first-order valence-corrected chi connectivity index (χ1v) is 7.18. The summed E-state index contributed by atoms with van der Waals surface area (Å²) in [7, 11) is 0. The van der Waals surface area contributed by atoms with E-state index in [1.807, 2.05) is 11.3 Å². The lowest BCUT2D eigenvalue weighted by Gasteiger charge is -2.38. The van der Waals surface area contributed by atoms with Crippen LogP contribution in [-0.2, 0) is 4.79 Å². The van der Waals surface area contributed by atoms with Crippen LogP contribution < -0.4 is 5.32 Å². The van der Waals surface area contributed by atoms with Crippen LogP contribution in [0.1, 0.15) is 38.4 Å². The third-order valence-electron chi connectivity index (χ3n) is 4.50. The van der Waals surface area contributed by atoms with Crippen LogP contribution in [0.3, 0.4) is 0 Å². The van der Waals surface area contributed by atoms with Gasteiger partial charge in [0.25, 0.3) is 0 Å². The van der Waals surface area contributed by atoms with Crippen molar-refractivity contribution < 1.29 is 9.90 Å². The fraction of sp³-hybridized carbons (Fsp3) is 0.571. The zero-order valence-electron chi connectivity index (χ0n) is 12.2. The van der Waals surface area contributed by atoms with Crippen LogP contribution in [0.15, 0.2) is 12.4 Å². The molecule has 0 radical (unpaired) electrons. The largest absolute Gasteiger partial charge is 0.481 e. The number of fused-ring (bicyclic) bond motifs is 1. The second-order valence-corrected chi connectivity index (χ2v) is 5.88. The second-order valence-electron chi connectivity index (χ2n) is 5.88. The molecule has 1 aliphatic rings. The Bertz CT molecular complexity index is 683. The number of aromatic nitrogens is 4. The highest BCUT2D eigenvalue weighted by molar-refractivity contribution is 5.76. The van der Waals surface area contributed by atoms with Gasteiger partial charge in [0.1, 0.15) is 5.82 Å². The van der Waals surface area contributed by atoms with Crippen molar-refractivity contribution in [3.8, 4) is 0 Å². The van der Waals surface area contributed by atoms with E-state index in [1.54, 1.807) is 19.3 Å². The van der Waals surface area contributed by atoms with Crippen molar-refractivity contribution in [2.24, 2.45) is 5.41 Å². The lowest BCUT2D eigenvalue weighted by Crippen LogP contribution is -2.46. The molecule has 1 fully saturated rings. The first-order chi connectivity index (χ1) is 10.0. The molecule has 0 saturated heterocycles. The van der Waals surface area contributed by atoms with Crippen molar-refractivity contribution in [2.45, 2.75) is 45.6 Å². The van der Waals surface area contributed by atoms with Gasteiger partial charge in [-0.05, 0) is 26.7 Å². The summed E-state index contributed by atoms with van der Waals surface area (Å²) in [5, 5.41) is 21.0. The van der Waals surface area contributed by atoms with Gasteiger partial charge in [0, 0.05) is 18.4 Å². The number of rotatable bonds is 3. The molecule has 2 aromatic rings. The molecule has 1 aliphatic carbocycles. The van der Waals surface area contributed by atoms with Gasteiger partial charge in [-0.3, -0.25) is 9.20 Å². The van der Waals surface area contributed by atoms with Gasteiger partial charge in [0.15, 0.2) is 5.82 Å². The average molecular weight is 289 g/mol. The van der Waals surface area contributed by atoms with E-state index in [9.17, 15) is 9.90 Å². The van der Waals surface area contributed by atoms with Gasteiger partial charge in [-0.15, -0.1) is 10.2 Å². The molecule has 1 saturated carbocycles. The number of carbonyl (C=O) groups is 1. The highest BCUT2D eigenvalue weighted by Crippen LogP contribution is 2.38. The summed E-state index contributed by atoms with van der Waals surface area (Å²) in [6.45, 7) is 3.67. The zero-order valence-corrected chi connectivity index (χ0v) is 12.2. The maximum absolute atomic E-state index is 11.7. The van der Waals surface area contributed by atoms with Crippen molar-refractivity contribution in [3.63, 3.8) is 0 Å². The second kappa shape index (κ2) is 4.98. The molecule has 3 rings (SSSR count). The number of nitrogens with one attached hydrogen (secondary N) is 1. The number of anilines is 1. The smallest absolute Gasteiger partial charge is 0.311 e. The Balaban J connectivity index is 1.95. The van der Waals surface area contributed by atoms with Crippen LogP contribution in [0, 0.1) is 12.3 Å². The van der Waals surface area contributed by atoms with Crippen molar-refractivity contribution >= 4 is 17.4 Å². The maximum atomic E-state index is 11.7. The average Bonchev–Trinajstić information content (AvgIpc) is 2.84. The minimum absolute atomic E-state index is 0.153. The molecule has 2 heterocycles. The lowest BCUT2D eigenvalue weighted by atomic mass is 9.71. The molecule has 0 aliphatic heterocycles. The van der Waals surface area contributed by atoms with E-state index in [0.717, 1.165) is 25.1 Å². The maximum Gasteiger partial charge on any atom is 0.311 e. The molecular formula is C14H19N5O2. The number of nitrogens with zero attached hydrogens (tertiary/aromatic N) is 4. The van der Waals surface area contributed by atoms with Gasteiger partial charge >= 0.3 is 5.97 Å². The predicted molar refractivity (Wildman–Crippen MR) is 77.1 cm³/mol. The monoisotopic (exact) mass is 289 g/mol. The number of hydrogen-bond acceptors (Lipinski definition) is 5. The van der Waals surface area contributed by atoms with E-state index in [4.69, 9.17) is 0 Å². The van der Waals surface area contributed by atoms with Crippen LogP contribution >= 0.6 is 0 Å². The number of aryl methyl sites for hydroxylation is 1. The summed E-state index contributed by atoms with van der Waals surface area (Å²) in [5.41, 5.74) is -0.143. The van der Waals surface area contributed by atoms with E-state index in [0.29, 0.717) is 17.9 Å². The fourth-order valence-electron chi connectivity index (χ4n) is 3.03. The van der Waals surface area contributed by atoms with Crippen molar-refractivity contribution in [1.29, 1.82) is 0 Å². The molecule has 7 nitrogen and oxygen atoms in total. The Kier molecular flexibility index (Phi) is 3.27. The molecule has 7 heteroatoms. The number of aliphatic carboxylic acids is 1. The summed E-state index contributed by atoms with van der Waals surface area (Å²) in [4.78, 5) is 16.0. The lowest BCUT2D eigenvalue weighted by molar-refractivity contribution is -0.150. The van der Waals surface area contributed by atoms with Crippen molar-refractivity contribution in [3.05, 3.63) is 18.2 Å². The molecule has 0 spiro atoms. The number of carboxylic acid groups (broad SMARTS) is 1. The molecule has 2 atom stereocenters. The normalized spacial score (nSPS) is 25.9. The molecule has 0 bridgehead atoms. The van der Waals surface area contributed by atoms with Gasteiger partial charge in [-0.1, -0.05) is 12.8 Å². The Morgan fingerprint density at radius 3 is 3.05 bits per heavy atom. The van der Waals surface area contributed by atoms with E-state index >= 15 is 0 Å². The number of hydrogen-bond donors (Lipinski definition) is 2. The fourth-order valence-corrected chi connectivity index (χ4v) is 3.03. The van der Waals surface area contributed by atoms with Crippen molar-refractivity contribution in [1.82, 2.24) is 19.6 Å². The predicted octanol–water partition coefficient (Wildman–Crippen LogP) is 1.88.